The fraction of sp³-hybridized carbons (Fsp3) is 0.769. The van der Waals surface area contributed by atoms with Crippen LogP contribution in [0.3, 0.4) is 0 Å². The molecule has 88 valence electrons. The van der Waals surface area contributed by atoms with Gasteiger partial charge >= 0.3 is 0 Å². The zero-order chi connectivity index (χ0) is 11.0. The van der Waals surface area contributed by atoms with Gasteiger partial charge in [-0.3, -0.25) is 4.68 Å². The number of rotatable bonds is 3. The topological polar surface area (TPSA) is 43.8 Å². The minimum absolute atomic E-state index is 0.706. The molecule has 1 aromatic heterocycles. The van der Waals surface area contributed by atoms with Crippen molar-refractivity contribution in [3.63, 3.8) is 0 Å². The van der Waals surface area contributed by atoms with Crippen molar-refractivity contribution in [3.8, 4) is 0 Å². The van der Waals surface area contributed by atoms with Gasteiger partial charge in [0, 0.05) is 24.2 Å². The lowest BCUT2D eigenvalue weighted by Crippen LogP contribution is -2.16. The van der Waals surface area contributed by atoms with Crippen LogP contribution >= 0.6 is 0 Å². The third-order valence-electron chi connectivity index (χ3n) is 3.98. The molecule has 3 heteroatoms. The first-order valence-electron chi connectivity index (χ1n) is 6.66. The van der Waals surface area contributed by atoms with E-state index in [2.05, 4.69) is 15.8 Å². The van der Waals surface area contributed by atoms with Crippen molar-refractivity contribution in [2.45, 2.75) is 57.4 Å². The summed E-state index contributed by atoms with van der Waals surface area (Å²) in [5.41, 5.74) is 7.21. The molecule has 2 aliphatic rings. The normalized spacial score (nSPS) is 22.5. The van der Waals surface area contributed by atoms with Crippen LogP contribution in [-0.2, 0) is 6.54 Å². The highest BCUT2D eigenvalue weighted by molar-refractivity contribution is 5.33. The second kappa shape index (κ2) is 4.11. The number of nitrogen functional groups attached to an aromatic ring is 1. The van der Waals surface area contributed by atoms with Gasteiger partial charge in [-0.25, -0.2) is 0 Å². The van der Waals surface area contributed by atoms with Crippen LogP contribution in [-0.4, -0.2) is 9.78 Å². The lowest BCUT2D eigenvalue weighted by molar-refractivity contribution is 0.305. The molecule has 2 saturated carbocycles. The smallest absolute Gasteiger partial charge is 0.145 e. The molecule has 1 heterocycles. The zero-order valence-electron chi connectivity index (χ0n) is 9.86. The van der Waals surface area contributed by atoms with E-state index in [1.54, 1.807) is 0 Å². The minimum Gasteiger partial charge on any atom is -0.382 e. The maximum absolute atomic E-state index is 5.82. The maximum atomic E-state index is 5.82. The molecule has 0 aliphatic heterocycles. The van der Waals surface area contributed by atoms with Gasteiger partial charge in [-0.1, -0.05) is 19.3 Å². The van der Waals surface area contributed by atoms with Crippen molar-refractivity contribution in [2.75, 3.05) is 5.73 Å². The number of anilines is 1. The maximum Gasteiger partial charge on any atom is 0.145 e. The number of hydrogen-bond acceptors (Lipinski definition) is 2. The minimum atomic E-state index is 0.706. The third kappa shape index (κ3) is 2.08. The predicted molar refractivity (Wildman–Crippen MR) is 65.2 cm³/mol. The second-order valence-electron chi connectivity index (χ2n) is 5.45. The molecular formula is C13H21N3. The van der Waals surface area contributed by atoms with E-state index < -0.39 is 0 Å². The Balaban J connectivity index is 1.72. The fourth-order valence-corrected chi connectivity index (χ4v) is 2.92. The number of nitrogens with zero attached hydrogens (tertiary/aromatic N) is 2. The molecule has 16 heavy (non-hydrogen) atoms. The highest BCUT2D eigenvalue weighted by Gasteiger charge is 2.28. The van der Waals surface area contributed by atoms with Crippen LogP contribution in [0.5, 0.6) is 0 Å². The quantitative estimate of drug-likeness (QED) is 0.849. The fourth-order valence-electron chi connectivity index (χ4n) is 2.92. The number of nitrogens with two attached hydrogens (primary N) is 1. The second-order valence-corrected chi connectivity index (χ2v) is 5.45. The van der Waals surface area contributed by atoms with Gasteiger partial charge in [-0.15, -0.1) is 0 Å². The molecule has 0 bridgehead atoms. The number of hydrogen-bond donors (Lipinski definition) is 1. The molecule has 2 fully saturated rings. The number of aromatic nitrogens is 2. The molecule has 0 saturated heterocycles. The van der Waals surface area contributed by atoms with E-state index in [0.29, 0.717) is 5.82 Å². The molecule has 0 aromatic carbocycles. The summed E-state index contributed by atoms with van der Waals surface area (Å²) < 4.78 is 2.20. The molecule has 1 aromatic rings. The van der Waals surface area contributed by atoms with Gasteiger partial charge in [-0.2, -0.15) is 5.10 Å². The zero-order valence-corrected chi connectivity index (χ0v) is 9.86. The first kappa shape index (κ1) is 10.2. The molecule has 2 N–H and O–H groups in total. The van der Waals surface area contributed by atoms with E-state index in [1.807, 2.05) is 0 Å². The summed E-state index contributed by atoms with van der Waals surface area (Å²) in [4.78, 5) is 0. The van der Waals surface area contributed by atoms with E-state index in [1.165, 1.54) is 50.6 Å². The van der Waals surface area contributed by atoms with Crippen molar-refractivity contribution in [2.24, 2.45) is 5.92 Å². The molecule has 0 unspecified atom stereocenters. The van der Waals surface area contributed by atoms with Crippen LogP contribution in [0.4, 0.5) is 5.82 Å². The van der Waals surface area contributed by atoms with Crippen molar-refractivity contribution < 1.29 is 0 Å². The van der Waals surface area contributed by atoms with Gasteiger partial charge in [0.2, 0.25) is 0 Å². The molecule has 0 atom stereocenters. The van der Waals surface area contributed by atoms with Crippen LogP contribution < -0.4 is 5.73 Å². The van der Waals surface area contributed by atoms with E-state index in [-0.39, 0.29) is 0 Å². The van der Waals surface area contributed by atoms with Crippen LogP contribution in [0, 0.1) is 5.92 Å². The lowest BCUT2D eigenvalue weighted by atomic mass is 9.89. The SMILES string of the molecule is Nc1cc(C2CC2)n(CC2CCCCC2)n1. The van der Waals surface area contributed by atoms with Gasteiger partial charge in [0.25, 0.3) is 0 Å². The first-order chi connectivity index (χ1) is 7.83. The molecule has 0 amide bonds. The van der Waals surface area contributed by atoms with Crippen LogP contribution in [0.15, 0.2) is 6.07 Å². The van der Waals surface area contributed by atoms with Crippen molar-refractivity contribution in [1.29, 1.82) is 0 Å². The van der Waals surface area contributed by atoms with Crippen molar-refractivity contribution >= 4 is 5.82 Å². The third-order valence-corrected chi connectivity index (χ3v) is 3.98. The Morgan fingerprint density at radius 1 is 1.19 bits per heavy atom. The molecule has 3 rings (SSSR count). The summed E-state index contributed by atoms with van der Waals surface area (Å²) in [6.07, 6.45) is 9.65. The van der Waals surface area contributed by atoms with Crippen LogP contribution in [0.2, 0.25) is 0 Å². The largest absolute Gasteiger partial charge is 0.382 e. The lowest BCUT2D eigenvalue weighted by Gasteiger charge is -2.22. The van der Waals surface area contributed by atoms with Gasteiger partial charge in [-0.05, 0) is 31.6 Å². The summed E-state index contributed by atoms with van der Waals surface area (Å²) >= 11 is 0. The van der Waals surface area contributed by atoms with Crippen LogP contribution in [0.25, 0.3) is 0 Å². The molecular weight excluding hydrogens is 198 g/mol. The van der Waals surface area contributed by atoms with Crippen LogP contribution in [0.1, 0.15) is 56.6 Å². The summed E-state index contributed by atoms with van der Waals surface area (Å²) in [6, 6.07) is 2.08. The van der Waals surface area contributed by atoms with Gasteiger partial charge < -0.3 is 5.73 Å². The Morgan fingerprint density at radius 3 is 2.62 bits per heavy atom. The monoisotopic (exact) mass is 219 g/mol. The summed E-state index contributed by atoms with van der Waals surface area (Å²) in [6.45, 7) is 1.10. The van der Waals surface area contributed by atoms with E-state index in [0.717, 1.165) is 18.4 Å². The summed E-state index contributed by atoms with van der Waals surface area (Å²) in [5.74, 6) is 2.30. The average Bonchev–Trinajstić information content (AvgIpc) is 3.06. The van der Waals surface area contributed by atoms with Gasteiger partial charge in [0.05, 0.1) is 0 Å². The standard InChI is InChI=1S/C13H21N3/c14-13-8-12(11-6-7-11)16(15-13)9-10-4-2-1-3-5-10/h8,10-11H,1-7,9H2,(H2,14,15). The first-order valence-corrected chi connectivity index (χ1v) is 6.66. The Labute approximate surface area is 97.0 Å². The molecule has 2 aliphatic carbocycles. The average molecular weight is 219 g/mol. The summed E-state index contributed by atoms with van der Waals surface area (Å²) in [7, 11) is 0. The van der Waals surface area contributed by atoms with E-state index in [9.17, 15) is 0 Å². The molecule has 0 spiro atoms. The Hall–Kier alpha value is -0.990. The van der Waals surface area contributed by atoms with Crippen molar-refractivity contribution in [3.05, 3.63) is 11.8 Å². The highest BCUT2D eigenvalue weighted by Crippen LogP contribution is 2.41. The van der Waals surface area contributed by atoms with Gasteiger partial charge in [0.15, 0.2) is 0 Å². The van der Waals surface area contributed by atoms with E-state index >= 15 is 0 Å². The Bertz CT molecular complexity index is 359. The highest BCUT2D eigenvalue weighted by atomic mass is 15.3. The summed E-state index contributed by atoms with van der Waals surface area (Å²) in [5, 5.41) is 4.46. The Morgan fingerprint density at radius 2 is 1.94 bits per heavy atom. The predicted octanol–water partition coefficient (Wildman–Crippen LogP) is 2.92. The van der Waals surface area contributed by atoms with Gasteiger partial charge in [0.1, 0.15) is 5.82 Å². The molecule has 3 nitrogen and oxygen atoms in total. The Kier molecular flexibility index (Phi) is 2.62. The van der Waals surface area contributed by atoms with E-state index in [4.69, 9.17) is 5.73 Å². The molecule has 0 radical (unpaired) electrons. The van der Waals surface area contributed by atoms with Crippen molar-refractivity contribution in [1.82, 2.24) is 9.78 Å².